The Balaban J connectivity index is 2.30. The summed E-state index contributed by atoms with van der Waals surface area (Å²) in [6, 6.07) is 9.74. The van der Waals surface area contributed by atoms with Crippen molar-refractivity contribution >= 4 is 11.8 Å². The van der Waals surface area contributed by atoms with Crippen LogP contribution in [0.5, 0.6) is 0 Å². The van der Waals surface area contributed by atoms with E-state index in [9.17, 15) is 9.59 Å². The first-order valence-electron chi connectivity index (χ1n) is 6.00. The fraction of sp³-hybridized carbons (Fsp3) is 0.385. The SMILES string of the molecule is CNC(=O)C[NH2+]CC(=O)N[C@@H](C)c1ccccc1. The molecule has 0 bridgehead atoms. The van der Waals surface area contributed by atoms with Gasteiger partial charge in [-0.1, -0.05) is 30.3 Å². The predicted octanol–water partition coefficient (Wildman–Crippen LogP) is -0.827. The van der Waals surface area contributed by atoms with Gasteiger partial charge in [0, 0.05) is 7.05 Å². The smallest absolute Gasteiger partial charge is 0.275 e. The third-order valence-electron chi connectivity index (χ3n) is 2.62. The van der Waals surface area contributed by atoms with Crippen LogP contribution in [-0.2, 0) is 9.59 Å². The Morgan fingerprint density at radius 2 is 1.78 bits per heavy atom. The minimum Gasteiger partial charge on any atom is -0.354 e. The third kappa shape index (κ3) is 4.97. The van der Waals surface area contributed by atoms with Gasteiger partial charge in [-0.2, -0.15) is 0 Å². The molecule has 0 aliphatic heterocycles. The highest BCUT2D eigenvalue weighted by atomic mass is 16.2. The molecule has 0 heterocycles. The molecule has 0 fully saturated rings. The average Bonchev–Trinajstić information content (AvgIpc) is 2.39. The molecule has 2 amide bonds. The van der Waals surface area contributed by atoms with Gasteiger partial charge in [0.15, 0.2) is 13.1 Å². The van der Waals surface area contributed by atoms with Crippen LogP contribution in [0.15, 0.2) is 30.3 Å². The molecule has 0 aliphatic carbocycles. The van der Waals surface area contributed by atoms with Crippen LogP contribution in [-0.4, -0.2) is 32.0 Å². The Kier molecular flexibility index (Phi) is 5.87. The van der Waals surface area contributed by atoms with Gasteiger partial charge >= 0.3 is 0 Å². The van der Waals surface area contributed by atoms with Crippen LogP contribution in [0.1, 0.15) is 18.5 Å². The zero-order valence-corrected chi connectivity index (χ0v) is 10.8. The topological polar surface area (TPSA) is 74.8 Å². The fourth-order valence-corrected chi connectivity index (χ4v) is 1.56. The van der Waals surface area contributed by atoms with Crippen LogP contribution in [0.2, 0.25) is 0 Å². The second kappa shape index (κ2) is 7.45. The first kappa shape index (κ1) is 14.2. The van der Waals surface area contributed by atoms with Crippen LogP contribution >= 0.6 is 0 Å². The van der Waals surface area contributed by atoms with Crippen LogP contribution in [0.25, 0.3) is 0 Å². The molecule has 0 saturated carbocycles. The molecule has 4 N–H and O–H groups in total. The summed E-state index contributed by atoms with van der Waals surface area (Å²) in [5.74, 6) is -0.158. The van der Waals surface area contributed by atoms with Gasteiger partial charge in [-0.15, -0.1) is 0 Å². The summed E-state index contributed by atoms with van der Waals surface area (Å²) in [6.07, 6.45) is 0. The number of nitrogens with one attached hydrogen (secondary N) is 2. The van der Waals surface area contributed by atoms with E-state index in [1.54, 1.807) is 12.4 Å². The van der Waals surface area contributed by atoms with Gasteiger partial charge in [0.2, 0.25) is 0 Å². The van der Waals surface area contributed by atoms with Gasteiger partial charge in [0.25, 0.3) is 11.8 Å². The van der Waals surface area contributed by atoms with Crippen molar-refractivity contribution in [2.24, 2.45) is 0 Å². The summed E-state index contributed by atoms with van der Waals surface area (Å²) in [4.78, 5) is 22.6. The third-order valence-corrected chi connectivity index (χ3v) is 2.62. The van der Waals surface area contributed by atoms with Gasteiger partial charge in [-0.3, -0.25) is 9.59 Å². The summed E-state index contributed by atoms with van der Waals surface area (Å²) in [6.45, 7) is 2.46. The number of quaternary nitrogens is 1. The molecule has 0 aromatic heterocycles. The van der Waals surface area contributed by atoms with Crippen molar-refractivity contribution in [1.82, 2.24) is 10.6 Å². The van der Waals surface area contributed by atoms with Gasteiger partial charge in [0.05, 0.1) is 6.04 Å². The van der Waals surface area contributed by atoms with Crippen molar-refractivity contribution in [1.29, 1.82) is 0 Å². The lowest BCUT2D eigenvalue weighted by Crippen LogP contribution is -2.88. The number of benzene rings is 1. The normalized spacial score (nSPS) is 11.7. The summed E-state index contributed by atoms with van der Waals surface area (Å²) < 4.78 is 0. The monoisotopic (exact) mass is 250 g/mol. The molecule has 5 heteroatoms. The number of likely N-dealkylation sites (N-methyl/N-ethyl adjacent to an activating group) is 1. The molecule has 1 aromatic carbocycles. The molecular weight excluding hydrogens is 230 g/mol. The van der Waals surface area contributed by atoms with Crippen molar-refractivity contribution in [3.05, 3.63) is 35.9 Å². The van der Waals surface area contributed by atoms with Crippen molar-refractivity contribution in [2.75, 3.05) is 20.1 Å². The summed E-state index contributed by atoms with van der Waals surface area (Å²) in [5, 5.41) is 7.06. The van der Waals surface area contributed by atoms with Gasteiger partial charge in [-0.25, -0.2) is 0 Å². The Bertz CT molecular complexity index is 392. The van der Waals surface area contributed by atoms with E-state index in [1.807, 2.05) is 37.3 Å². The Labute approximate surface area is 107 Å². The van der Waals surface area contributed by atoms with Crippen molar-refractivity contribution in [3.8, 4) is 0 Å². The summed E-state index contributed by atoms with van der Waals surface area (Å²) in [7, 11) is 1.58. The van der Waals surface area contributed by atoms with Crippen molar-refractivity contribution in [3.63, 3.8) is 0 Å². The zero-order valence-electron chi connectivity index (χ0n) is 10.8. The minimum atomic E-state index is -0.0843. The Hall–Kier alpha value is -1.88. The summed E-state index contributed by atoms with van der Waals surface area (Å²) in [5.41, 5.74) is 1.07. The highest BCUT2D eigenvalue weighted by Crippen LogP contribution is 2.10. The molecule has 0 spiro atoms. The number of carbonyl (C=O) groups excluding carboxylic acids is 2. The molecule has 1 rings (SSSR count). The van der Waals surface area contributed by atoms with Crippen molar-refractivity contribution in [2.45, 2.75) is 13.0 Å². The minimum absolute atomic E-state index is 0.0212. The molecule has 5 nitrogen and oxygen atoms in total. The Morgan fingerprint density at radius 3 is 2.39 bits per heavy atom. The van der Waals surface area contributed by atoms with E-state index < -0.39 is 0 Å². The molecule has 0 saturated heterocycles. The zero-order chi connectivity index (χ0) is 13.4. The number of hydrogen-bond donors (Lipinski definition) is 3. The van der Waals surface area contributed by atoms with Crippen LogP contribution in [0, 0.1) is 0 Å². The molecule has 0 aliphatic rings. The van der Waals surface area contributed by atoms with Gasteiger partial charge in [0.1, 0.15) is 0 Å². The van der Waals surface area contributed by atoms with Gasteiger partial charge < -0.3 is 16.0 Å². The number of amides is 2. The van der Waals surface area contributed by atoms with E-state index in [4.69, 9.17) is 0 Å². The lowest BCUT2D eigenvalue weighted by molar-refractivity contribution is -0.633. The standard InChI is InChI=1S/C13H19N3O2/c1-10(11-6-4-3-5-7-11)16-13(18)9-15-8-12(17)14-2/h3-7,10,15H,8-9H2,1-2H3,(H,14,17)(H,16,18)/p+1/t10-/m0/s1. The average molecular weight is 250 g/mol. The highest BCUT2D eigenvalue weighted by Gasteiger charge is 2.10. The van der Waals surface area contributed by atoms with Crippen molar-refractivity contribution < 1.29 is 14.9 Å². The lowest BCUT2D eigenvalue weighted by atomic mass is 10.1. The number of carbonyl (C=O) groups is 2. The second-order valence-electron chi connectivity index (χ2n) is 4.07. The molecule has 1 atom stereocenters. The predicted molar refractivity (Wildman–Crippen MR) is 68.7 cm³/mol. The Morgan fingerprint density at radius 1 is 1.17 bits per heavy atom. The maximum atomic E-state index is 11.6. The highest BCUT2D eigenvalue weighted by molar-refractivity contribution is 5.78. The number of nitrogens with two attached hydrogens (primary N) is 1. The molecule has 18 heavy (non-hydrogen) atoms. The van der Waals surface area contributed by atoms with Crippen LogP contribution in [0.3, 0.4) is 0 Å². The first-order chi connectivity index (χ1) is 8.63. The molecular formula is C13H20N3O2+. The van der Waals surface area contributed by atoms with E-state index in [2.05, 4.69) is 10.6 Å². The molecule has 1 aromatic rings. The van der Waals surface area contributed by atoms with E-state index in [0.717, 1.165) is 5.56 Å². The fourth-order valence-electron chi connectivity index (χ4n) is 1.56. The maximum absolute atomic E-state index is 11.6. The largest absolute Gasteiger partial charge is 0.354 e. The van der Waals surface area contributed by atoms with Gasteiger partial charge in [-0.05, 0) is 12.5 Å². The molecule has 0 unspecified atom stereocenters. The number of hydrogen-bond acceptors (Lipinski definition) is 2. The lowest BCUT2D eigenvalue weighted by Gasteiger charge is -2.13. The van der Waals surface area contributed by atoms with Crippen LogP contribution < -0.4 is 16.0 Å². The number of rotatable bonds is 6. The quantitative estimate of drug-likeness (QED) is 0.616. The van der Waals surface area contributed by atoms with Crippen LogP contribution in [0.4, 0.5) is 0 Å². The maximum Gasteiger partial charge on any atom is 0.275 e. The van der Waals surface area contributed by atoms with E-state index in [0.29, 0.717) is 0 Å². The van der Waals surface area contributed by atoms with E-state index in [1.165, 1.54) is 0 Å². The first-order valence-corrected chi connectivity index (χ1v) is 6.00. The molecule has 98 valence electrons. The molecule has 0 radical (unpaired) electrons. The summed E-state index contributed by atoms with van der Waals surface area (Å²) >= 11 is 0. The second-order valence-corrected chi connectivity index (χ2v) is 4.07. The van der Waals surface area contributed by atoms with E-state index >= 15 is 0 Å². The van der Waals surface area contributed by atoms with E-state index in [-0.39, 0.29) is 30.9 Å².